The van der Waals surface area contributed by atoms with E-state index in [1.54, 1.807) is 0 Å². The van der Waals surface area contributed by atoms with E-state index >= 15 is 0 Å². The minimum Gasteiger partial charge on any atom is -0.464 e. The van der Waals surface area contributed by atoms with Crippen LogP contribution in [0.1, 0.15) is 129 Å². The summed E-state index contributed by atoms with van der Waals surface area (Å²) in [5.41, 5.74) is 16.6. The molecule has 0 aromatic rings. The van der Waals surface area contributed by atoms with Crippen molar-refractivity contribution >= 4 is 17.8 Å². The average Bonchev–Trinajstić information content (AvgIpc) is 2.83. The summed E-state index contributed by atoms with van der Waals surface area (Å²) in [5.74, 6) is -1.50. The van der Waals surface area contributed by atoms with Crippen LogP contribution in [0.5, 0.6) is 0 Å². The highest BCUT2D eigenvalue weighted by Gasteiger charge is 2.25. The second kappa shape index (κ2) is 24.0. The molecule has 0 aromatic heterocycles. The zero-order valence-electron chi connectivity index (χ0n) is 22.4. The van der Waals surface area contributed by atoms with Gasteiger partial charge in [0.05, 0.1) is 12.6 Å². The van der Waals surface area contributed by atoms with Gasteiger partial charge in [-0.3, -0.25) is 9.59 Å². The molecular formula is C27H54N4O4. The summed E-state index contributed by atoms with van der Waals surface area (Å²) in [4.78, 5) is 35.9. The van der Waals surface area contributed by atoms with E-state index in [0.29, 0.717) is 19.6 Å². The summed E-state index contributed by atoms with van der Waals surface area (Å²) in [5, 5.41) is 2.62. The van der Waals surface area contributed by atoms with E-state index < -0.39 is 29.9 Å². The van der Waals surface area contributed by atoms with Crippen molar-refractivity contribution in [3.05, 3.63) is 0 Å². The Hall–Kier alpha value is -1.67. The maximum Gasteiger partial charge on any atom is 0.328 e. The number of nitrogens with one attached hydrogen (secondary N) is 1. The highest BCUT2D eigenvalue weighted by atomic mass is 16.5. The molecule has 2 amide bonds. The van der Waals surface area contributed by atoms with Gasteiger partial charge in [0.15, 0.2) is 0 Å². The molecule has 0 radical (unpaired) electrons. The first-order valence-corrected chi connectivity index (χ1v) is 14.1. The highest BCUT2D eigenvalue weighted by Crippen LogP contribution is 2.13. The van der Waals surface area contributed by atoms with E-state index in [-0.39, 0.29) is 12.8 Å². The van der Waals surface area contributed by atoms with Gasteiger partial charge in [-0.1, -0.05) is 96.8 Å². The van der Waals surface area contributed by atoms with Crippen LogP contribution >= 0.6 is 0 Å². The minimum atomic E-state index is -0.915. The van der Waals surface area contributed by atoms with Gasteiger partial charge in [0.25, 0.3) is 0 Å². The molecule has 8 nitrogen and oxygen atoms in total. The number of hydrogen-bond acceptors (Lipinski definition) is 6. The van der Waals surface area contributed by atoms with Crippen molar-refractivity contribution in [2.45, 2.75) is 141 Å². The molecule has 206 valence electrons. The molecule has 0 unspecified atom stereocenters. The molecule has 0 aliphatic heterocycles. The molecular weight excluding hydrogens is 444 g/mol. The molecule has 0 aliphatic rings. The van der Waals surface area contributed by atoms with Crippen LogP contribution in [-0.4, -0.2) is 43.0 Å². The Morgan fingerprint density at radius 1 is 0.743 bits per heavy atom. The fourth-order valence-corrected chi connectivity index (χ4v) is 4.02. The fraction of sp³-hybridized carbons (Fsp3) is 0.889. The SMILES string of the molecule is CCCCCCCCCCCCCCCCOC(=O)[C@H](CCC(N)=O)NC(=O)[C@@H](N)CCCCN. The fourth-order valence-electron chi connectivity index (χ4n) is 4.02. The third kappa shape index (κ3) is 21.3. The van der Waals surface area contributed by atoms with Crippen LogP contribution in [0, 0.1) is 0 Å². The third-order valence-corrected chi connectivity index (χ3v) is 6.33. The van der Waals surface area contributed by atoms with E-state index in [1.807, 2.05) is 0 Å². The van der Waals surface area contributed by atoms with Crippen LogP contribution in [0.4, 0.5) is 0 Å². The Morgan fingerprint density at radius 3 is 1.74 bits per heavy atom. The van der Waals surface area contributed by atoms with E-state index in [1.165, 1.54) is 70.6 Å². The van der Waals surface area contributed by atoms with E-state index in [2.05, 4.69) is 12.2 Å². The van der Waals surface area contributed by atoms with Gasteiger partial charge in [0, 0.05) is 6.42 Å². The lowest BCUT2D eigenvalue weighted by Gasteiger charge is -2.19. The molecule has 7 N–H and O–H groups in total. The molecule has 0 heterocycles. The predicted octanol–water partition coefficient (Wildman–Crippen LogP) is 4.22. The normalized spacial score (nSPS) is 12.8. The highest BCUT2D eigenvalue weighted by molar-refractivity contribution is 5.87. The van der Waals surface area contributed by atoms with Crippen LogP contribution < -0.4 is 22.5 Å². The number of hydrogen-bond donors (Lipinski definition) is 4. The standard InChI is InChI=1S/C27H54N4O4/c1-2-3-4-5-6-7-8-9-10-11-12-13-14-17-22-35-27(34)24(19-20-25(30)32)31-26(33)23(29)18-15-16-21-28/h23-24H,2-22,28-29H2,1H3,(H2,30,32)(H,31,33)/t23-,24-/m0/s1. The smallest absolute Gasteiger partial charge is 0.328 e. The number of nitrogens with two attached hydrogens (primary N) is 3. The Balaban J connectivity index is 3.95. The van der Waals surface area contributed by atoms with Crippen molar-refractivity contribution in [3.8, 4) is 0 Å². The zero-order valence-corrected chi connectivity index (χ0v) is 22.4. The maximum absolute atomic E-state index is 12.5. The summed E-state index contributed by atoms with van der Waals surface area (Å²) < 4.78 is 5.36. The van der Waals surface area contributed by atoms with E-state index in [4.69, 9.17) is 21.9 Å². The number of carbonyl (C=O) groups is 3. The molecule has 0 bridgehead atoms. The molecule has 0 aliphatic carbocycles. The summed E-state index contributed by atoms with van der Waals surface area (Å²) in [6.07, 6.45) is 19.7. The van der Waals surface area contributed by atoms with Crippen molar-refractivity contribution < 1.29 is 19.1 Å². The van der Waals surface area contributed by atoms with E-state index in [0.717, 1.165) is 32.1 Å². The third-order valence-electron chi connectivity index (χ3n) is 6.33. The molecule has 35 heavy (non-hydrogen) atoms. The number of amides is 2. The van der Waals surface area contributed by atoms with Crippen LogP contribution in [0.15, 0.2) is 0 Å². The topological polar surface area (TPSA) is 151 Å². The van der Waals surface area contributed by atoms with Gasteiger partial charge in [0.1, 0.15) is 6.04 Å². The van der Waals surface area contributed by atoms with Crippen molar-refractivity contribution in [2.24, 2.45) is 17.2 Å². The van der Waals surface area contributed by atoms with Gasteiger partial charge in [-0.2, -0.15) is 0 Å². The Labute approximate surface area is 213 Å². The Morgan fingerprint density at radius 2 is 1.26 bits per heavy atom. The summed E-state index contributed by atoms with van der Waals surface area (Å²) in [6.45, 7) is 3.10. The number of esters is 1. The lowest BCUT2D eigenvalue weighted by molar-refractivity contribution is -0.148. The quantitative estimate of drug-likeness (QED) is 0.109. The molecule has 0 rings (SSSR count). The number of rotatable bonds is 25. The number of ether oxygens (including phenoxy) is 1. The van der Waals surface area contributed by atoms with Crippen LogP contribution in [0.2, 0.25) is 0 Å². The van der Waals surface area contributed by atoms with Gasteiger partial charge < -0.3 is 27.3 Å². The van der Waals surface area contributed by atoms with Gasteiger partial charge in [-0.05, 0) is 32.2 Å². The van der Waals surface area contributed by atoms with Gasteiger partial charge in [-0.25, -0.2) is 4.79 Å². The molecule has 0 aromatic carbocycles. The lowest BCUT2D eigenvalue weighted by atomic mass is 10.0. The van der Waals surface area contributed by atoms with Gasteiger partial charge >= 0.3 is 5.97 Å². The predicted molar refractivity (Wildman–Crippen MR) is 143 cm³/mol. The summed E-state index contributed by atoms with van der Waals surface area (Å²) >= 11 is 0. The van der Waals surface area contributed by atoms with E-state index in [9.17, 15) is 14.4 Å². The Kier molecular flexibility index (Phi) is 22.9. The first-order valence-electron chi connectivity index (χ1n) is 14.1. The first kappa shape index (κ1) is 33.3. The molecule has 0 saturated heterocycles. The minimum absolute atomic E-state index is 0.0126. The average molecular weight is 499 g/mol. The summed E-state index contributed by atoms with van der Waals surface area (Å²) in [6, 6.07) is -1.64. The first-order chi connectivity index (χ1) is 16.9. The molecule has 0 saturated carbocycles. The largest absolute Gasteiger partial charge is 0.464 e. The molecule has 2 atom stereocenters. The number of primary amides is 1. The number of carbonyl (C=O) groups excluding carboxylic acids is 3. The molecule has 0 spiro atoms. The van der Waals surface area contributed by atoms with Crippen LogP contribution in [0.25, 0.3) is 0 Å². The maximum atomic E-state index is 12.5. The van der Waals surface area contributed by atoms with Gasteiger partial charge in [-0.15, -0.1) is 0 Å². The zero-order chi connectivity index (χ0) is 26.2. The van der Waals surface area contributed by atoms with Crippen molar-refractivity contribution in [2.75, 3.05) is 13.2 Å². The van der Waals surface area contributed by atoms with Crippen molar-refractivity contribution in [1.29, 1.82) is 0 Å². The second-order valence-corrected chi connectivity index (χ2v) is 9.72. The lowest BCUT2D eigenvalue weighted by Crippen LogP contribution is -2.49. The van der Waals surface area contributed by atoms with Crippen molar-refractivity contribution in [1.82, 2.24) is 5.32 Å². The Bertz CT molecular complexity index is 545. The summed E-state index contributed by atoms with van der Waals surface area (Å²) in [7, 11) is 0. The van der Waals surface area contributed by atoms with Crippen LogP contribution in [-0.2, 0) is 19.1 Å². The monoisotopic (exact) mass is 498 g/mol. The molecule has 0 fully saturated rings. The van der Waals surface area contributed by atoms with Crippen molar-refractivity contribution in [3.63, 3.8) is 0 Å². The number of unbranched alkanes of at least 4 members (excludes halogenated alkanes) is 14. The van der Waals surface area contributed by atoms with Crippen LogP contribution in [0.3, 0.4) is 0 Å². The van der Waals surface area contributed by atoms with Gasteiger partial charge in [0.2, 0.25) is 11.8 Å². The second-order valence-electron chi connectivity index (χ2n) is 9.72. The molecule has 8 heteroatoms.